The first kappa shape index (κ1) is 36.5. The maximum absolute atomic E-state index is 13.9. The first-order valence-corrected chi connectivity index (χ1v) is 19.5. The lowest BCUT2D eigenvalue weighted by molar-refractivity contribution is -0.137. The number of nitrogens with zero attached hydrogens (tertiary/aromatic N) is 5. The van der Waals surface area contributed by atoms with Crippen LogP contribution >= 0.6 is 11.6 Å². The van der Waals surface area contributed by atoms with Crippen molar-refractivity contribution in [2.75, 3.05) is 27.2 Å². The second-order valence-electron chi connectivity index (χ2n) is 14.9. The highest BCUT2D eigenvalue weighted by Gasteiger charge is 2.37. The number of hydrogen-bond donors (Lipinski definition) is 2. The highest BCUT2D eigenvalue weighted by atomic mass is 35.5. The second kappa shape index (κ2) is 15.7. The zero-order valence-electron chi connectivity index (χ0n) is 31.5. The molecule has 0 radical (unpaired) electrons. The van der Waals surface area contributed by atoms with Crippen molar-refractivity contribution in [3.63, 3.8) is 0 Å². The smallest absolute Gasteiger partial charge is 0.245 e. The molecule has 2 aliphatic heterocycles. The molecule has 4 aromatic carbocycles. The fourth-order valence-corrected chi connectivity index (χ4v) is 8.58. The van der Waals surface area contributed by atoms with Crippen LogP contribution < -0.4 is 0 Å². The van der Waals surface area contributed by atoms with Gasteiger partial charge in [-0.2, -0.15) is 0 Å². The van der Waals surface area contributed by atoms with Crippen LogP contribution in [0.3, 0.4) is 0 Å². The number of aromatic nitrogens is 4. The molecule has 0 bridgehead atoms. The van der Waals surface area contributed by atoms with Gasteiger partial charge in [-0.25, -0.2) is 9.97 Å². The third-order valence-electron chi connectivity index (χ3n) is 11.2. The minimum atomic E-state index is -0.343. The number of likely N-dealkylation sites (N-methyl/N-ethyl adjacent to an activating group) is 1. The van der Waals surface area contributed by atoms with E-state index in [4.69, 9.17) is 21.6 Å². The number of hydrogen-bond acceptors (Lipinski definition) is 5. The quantitative estimate of drug-likeness (QED) is 0.145. The van der Waals surface area contributed by atoms with Gasteiger partial charge in [-0.15, -0.1) is 0 Å². The fourth-order valence-electron chi connectivity index (χ4n) is 8.28. The fraction of sp³-hybridized carbons (Fsp3) is 0.289. The average Bonchev–Trinajstić information content (AvgIpc) is 4.05. The molecule has 55 heavy (non-hydrogen) atoms. The maximum atomic E-state index is 13.9. The number of benzene rings is 4. The number of rotatable bonds is 10. The highest BCUT2D eigenvalue weighted by Crippen LogP contribution is 2.37. The van der Waals surface area contributed by atoms with E-state index in [-0.39, 0.29) is 35.9 Å². The van der Waals surface area contributed by atoms with E-state index < -0.39 is 0 Å². The minimum Gasteiger partial charge on any atom is -0.340 e. The molecule has 9 nitrogen and oxygen atoms in total. The van der Waals surface area contributed by atoms with Crippen LogP contribution in [-0.4, -0.2) is 73.6 Å². The monoisotopic (exact) mass is 751 g/mol. The third kappa shape index (κ3) is 7.34. The predicted octanol–water partition coefficient (Wildman–Crippen LogP) is 9.22. The van der Waals surface area contributed by atoms with E-state index in [1.165, 1.54) is 0 Å². The number of imidazole rings is 2. The molecular formula is C45H46ClN7O2. The summed E-state index contributed by atoms with van der Waals surface area (Å²) in [6.45, 7) is 3.35. The van der Waals surface area contributed by atoms with Crippen molar-refractivity contribution >= 4 is 23.4 Å². The molecule has 6 aromatic rings. The SMILES string of the molecule is C[C@@H](C(=O)N1CCC[C@H]1c1ncc(-c2ccc(-c3ccc(-c4cnc([C@@H]5CCCN5C(=O)[C@@H](c5ccccc5)N(C)C)[nH]4)cc3)cc2)[nH]1)c1ccccc1Cl. The Morgan fingerprint density at radius 2 is 1.15 bits per heavy atom. The van der Waals surface area contributed by atoms with Crippen molar-refractivity contribution in [2.45, 2.75) is 56.7 Å². The number of carbonyl (C=O) groups excluding carboxylic acids is 2. The number of H-pyrrole nitrogens is 2. The standard InChI is InChI=1S/C45H46ClN7O2/c1-29(35-13-7-8-14-36(35)46)44(54)52-25-9-15-39(52)42-47-27-37(49-42)32-21-17-30(18-22-32)31-19-23-33(24-20-31)38-28-48-43(50-38)40-16-10-26-53(40)45(55)41(51(2)3)34-11-5-4-6-12-34/h4-8,11-14,17-24,27-29,39-41H,9-10,15-16,25-26H2,1-3H3,(H,47,49)(H,48,50)/t29-,39+,40+,41-/m1/s1. The normalized spacial score (nSPS) is 18.2. The molecule has 2 amide bonds. The van der Waals surface area contributed by atoms with Gasteiger partial charge < -0.3 is 19.8 Å². The molecule has 0 spiro atoms. The van der Waals surface area contributed by atoms with Gasteiger partial charge in [0.25, 0.3) is 0 Å². The van der Waals surface area contributed by atoms with E-state index in [0.717, 1.165) is 88.6 Å². The van der Waals surface area contributed by atoms with Crippen LogP contribution in [0.25, 0.3) is 33.6 Å². The summed E-state index contributed by atoms with van der Waals surface area (Å²) in [5.41, 5.74) is 7.98. The molecule has 4 atom stereocenters. The number of nitrogens with one attached hydrogen (secondary N) is 2. The number of aromatic amines is 2. The maximum Gasteiger partial charge on any atom is 0.245 e. The summed E-state index contributed by atoms with van der Waals surface area (Å²) in [5.74, 6) is 1.48. The molecule has 2 aliphatic rings. The van der Waals surface area contributed by atoms with E-state index in [9.17, 15) is 9.59 Å². The lowest BCUT2D eigenvalue weighted by Gasteiger charge is -2.31. The van der Waals surface area contributed by atoms with Crippen LogP contribution in [0.1, 0.15) is 79.4 Å². The van der Waals surface area contributed by atoms with Gasteiger partial charge in [0.15, 0.2) is 0 Å². The Balaban J connectivity index is 0.926. The second-order valence-corrected chi connectivity index (χ2v) is 15.3. The topological polar surface area (TPSA) is 101 Å². The molecule has 8 rings (SSSR count). The zero-order chi connectivity index (χ0) is 38.1. The number of likely N-dealkylation sites (tertiary alicyclic amines) is 2. The Kier molecular flexibility index (Phi) is 10.4. The van der Waals surface area contributed by atoms with Crippen molar-refractivity contribution in [2.24, 2.45) is 0 Å². The number of halogens is 1. The lowest BCUT2D eigenvalue weighted by Crippen LogP contribution is -2.40. The van der Waals surface area contributed by atoms with Crippen LogP contribution in [0.2, 0.25) is 5.02 Å². The van der Waals surface area contributed by atoms with E-state index in [1.807, 2.05) is 103 Å². The Labute approximate surface area is 327 Å². The number of carbonyl (C=O) groups is 2. The minimum absolute atomic E-state index is 0.0710. The van der Waals surface area contributed by atoms with Crippen LogP contribution in [0, 0.1) is 0 Å². The van der Waals surface area contributed by atoms with Crippen LogP contribution in [-0.2, 0) is 9.59 Å². The van der Waals surface area contributed by atoms with Gasteiger partial charge in [0.05, 0.1) is 41.8 Å². The zero-order valence-corrected chi connectivity index (χ0v) is 32.2. The first-order valence-electron chi connectivity index (χ1n) is 19.1. The molecule has 2 N–H and O–H groups in total. The predicted molar refractivity (Wildman–Crippen MR) is 217 cm³/mol. The molecule has 4 heterocycles. The summed E-state index contributed by atoms with van der Waals surface area (Å²) in [7, 11) is 3.92. The molecule has 10 heteroatoms. The van der Waals surface area contributed by atoms with E-state index in [0.29, 0.717) is 11.6 Å². The van der Waals surface area contributed by atoms with Gasteiger partial charge in [-0.05, 0) is 86.1 Å². The van der Waals surface area contributed by atoms with E-state index in [1.54, 1.807) is 0 Å². The molecule has 0 aliphatic carbocycles. The Morgan fingerprint density at radius 3 is 1.65 bits per heavy atom. The van der Waals surface area contributed by atoms with Gasteiger partial charge in [-0.3, -0.25) is 14.5 Å². The van der Waals surface area contributed by atoms with Crippen molar-refractivity contribution < 1.29 is 9.59 Å². The first-order chi connectivity index (χ1) is 26.8. The Bertz CT molecular complexity index is 2260. The van der Waals surface area contributed by atoms with Crippen molar-refractivity contribution in [3.05, 3.63) is 143 Å². The van der Waals surface area contributed by atoms with Gasteiger partial charge in [0.1, 0.15) is 17.7 Å². The molecule has 280 valence electrons. The molecule has 0 saturated carbocycles. The van der Waals surface area contributed by atoms with E-state index >= 15 is 0 Å². The van der Waals surface area contributed by atoms with Crippen molar-refractivity contribution in [3.8, 4) is 33.6 Å². The summed E-state index contributed by atoms with van der Waals surface area (Å²) in [4.78, 5) is 50.0. The third-order valence-corrected chi connectivity index (χ3v) is 11.6. The molecule has 2 fully saturated rings. The summed E-state index contributed by atoms with van der Waals surface area (Å²) in [5, 5.41) is 0.616. The van der Waals surface area contributed by atoms with Crippen LogP contribution in [0.4, 0.5) is 0 Å². The van der Waals surface area contributed by atoms with Crippen molar-refractivity contribution in [1.82, 2.24) is 34.6 Å². The molecule has 0 unspecified atom stereocenters. The molecule has 2 saturated heterocycles. The van der Waals surface area contributed by atoms with Gasteiger partial charge in [0, 0.05) is 18.1 Å². The van der Waals surface area contributed by atoms with Gasteiger partial charge in [-0.1, -0.05) is 109 Å². The molecular weight excluding hydrogens is 706 g/mol. The summed E-state index contributed by atoms with van der Waals surface area (Å²) < 4.78 is 0. The van der Waals surface area contributed by atoms with Crippen molar-refractivity contribution in [1.29, 1.82) is 0 Å². The Hall–Kier alpha value is -5.51. The van der Waals surface area contributed by atoms with Gasteiger partial charge in [0.2, 0.25) is 11.8 Å². The highest BCUT2D eigenvalue weighted by molar-refractivity contribution is 6.31. The summed E-state index contributed by atoms with van der Waals surface area (Å²) in [6.07, 6.45) is 7.36. The van der Waals surface area contributed by atoms with Gasteiger partial charge >= 0.3 is 0 Å². The lowest BCUT2D eigenvalue weighted by atomic mass is 9.99. The van der Waals surface area contributed by atoms with E-state index in [2.05, 4.69) is 58.5 Å². The average molecular weight is 752 g/mol. The number of amides is 2. The molecule has 2 aromatic heterocycles. The summed E-state index contributed by atoms with van der Waals surface area (Å²) in [6, 6.07) is 34.0. The largest absolute Gasteiger partial charge is 0.340 e. The van der Waals surface area contributed by atoms with Crippen LogP contribution in [0.15, 0.2) is 116 Å². The summed E-state index contributed by atoms with van der Waals surface area (Å²) >= 11 is 6.43. The van der Waals surface area contributed by atoms with Crippen LogP contribution in [0.5, 0.6) is 0 Å². The Morgan fingerprint density at radius 1 is 0.673 bits per heavy atom.